The molecule has 2 amide bonds. The largest absolute Gasteiger partial charge is 0.447 e. The fourth-order valence-electron chi connectivity index (χ4n) is 3.84. The van der Waals surface area contributed by atoms with Crippen LogP contribution in [0.3, 0.4) is 0 Å². The van der Waals surface area contributed by atoms with Crippen LogP contribution < -0.4 is 10.2 Å². The van der Waals surface area contributed by atoms with Crippen molar-refractivity contribution in [1.29, 1.82) is 0 Å². The van der Waals surface area contributed by atoms with Gasteiger partial charge < -0.3 is 15.0 Å². The first kappa shape index (κ1) is 21.0. The predicted octanol–water partition coefficient (Wildman–Crippen LogP) is 2.27. The number of amides is 2. The molecule has 2 aromatic rings. The fourth-order valence-corrected chi connectivity index (χ4v) is 3.84. The first-order valence-corrected chi connectivity index (χ1v) is 10.6. The number of cyclic esters (lactones) is 1. The normalized spacial score (nSPS) is 18.1. The highest BCUT2D eigenvalue weighted by Crippen LogP contribution is 2.21. The first-order valence-electron chi connectivity index (χ1n) is 10.6. The molecule has 2 aliphatic rings. The number of aromatic nitrogens is 2. The molecule has 9 nitrogen and oxygen atoms in total. The van der Waals surface area contributed by atoms with E-state index in [1.54, 1.807) is 19.2 Å². The van der Waals surface area contributed by atoms with E-state index in [0.29, 0.717) is 24.9 Å². The number of hydrogen-bond acceptors (Lipinski definition) is 7. The highest BCUT2D eigenvalue weighted by molar-refractivity contribution is 5.88. The Morgan fingerprint density at radius 1 is 1.13 bits per heavy atom. The second kappa shape index (κ2) is 9.30. The smallest absolute Gasteiger partial charge is 0.415 e. The van der Waals surface area contributed by atoms with E-state index in [9.17, 15) is 9.59 Å². The van der Waals surface area contributed by atoms with Crippen molar-refractivity contribution < 1.29 is 14.3 Å². The zero-order valence-electron chi connectivity index (χ0n) is 18.0. The first-order chi connectivity index (χ1) is 15.0. The minimum absolute atomic E-state index is 0.00828. The summed E-state index contributed by atoms with van der Waals surface area (Å²) in [7, 11) is 0. The number of nitrogens with one attached hydrogen (secondary N) is 1. The van der Waals surface area contributed by atoms with E-state index in [4.69, 9.17) is 4.74 Å². The molecule has 1 atom stereocenters. The third-order valence-electron chi connectivity index (χ3n) is 5.73. The van der Waals surface area contributed by atoms with Gasteiger partial charge in [-0.1, -0.05) is 24.3 Å². The molecule has 164 valence electrons. The van der Waals surface area contributed by atoms with Crippen LogP contribution >= 0.6 is 0 Å². The van der Waals surface area contributed by atoms with Crippen LogP contribution in [-0.4, -0.2) is 71.1 Å². The third kappa shape index (κ3) is 5.11. The summed E-state index contributed by atoms with van der Waals surface area (Å²) in [5.74, 6) is 1.16. The van der Waals surface area contributed by atoms with Crippen molar-refractivity contribution in [2.45, 2.75) is 26.4 Å². The number of rotatable bonds is 6. The number of anilines is 2. The SMILES string of the molecule is CC(=O)N1CCN(Cc2ccc(C(C)Nc3nccc(N4CCOC4=O)n3)cc2)CC1. The molecule has 0 saturated carbocycles. The van der Waals surface area contributed by atoms with Gasteiger partial charge in [0.05, 0.1) is 12.6 Å². The second-order valence-corrected chi connectivity index (χ2v) is 7.89. The number of nitrogens with zero attached hydrogens (tertiary/aromatic N) is 5. The zero-order valence-corrected chi connectivity index (χ0v) is 18.0. The summed E-state index contributed by atoms with van der Waals surface area (Å²) in [6.07, 6.45) is 1.26. The molecule has 2 fully saturated rings. The van der Waals surface area contributed by atoms with Gasteiger partial charge in [-0.2, -0.15) is 4.98 Å². The maximum Gasteiger partial charge on any atom is 0.415 e. The lowest BCUT2D eigenvalue weighted by molar-refractivity contribution is -0.130. The Bertz CT molecular complexity index is 927. The topological polar surface area (TPSA) is 90.9 Å². The molecule has 2 saturated heterocycles. The number of ether oxygens (including phenoxy) is 1. The Hall–Kier alpha value is -3.20. The molecule has 9 heteroatoms. The summed E-state index contributed by atoms with van der Waals surface area (Å²) in [5, 5.41) is 3.30. The van der Waals surface area contributed by atoms with Crippen LogP contribution in [0.25, 0.3) is 0 Å². The Balaban J connectivity index is 1.33. The van der Waals surface area contributed by atoms with E-state index in [-0.39, 0.29) is 18.0 Å². The van der Waals surface area contributed by atoms with E-state index in [0.717, 1.165) is 38.3 Å². The molecule has 0 radical (unpaired) electrons. The van der Waals surface area contributed by atoms with Crippen molar-refractivity contribution in [3.05, 3.63) is 47.7 Å². The summed E-state index contributed by atoms with van der Waals surface area (Å²) >= 11 is 0. The number of piperazine rings is 1. The molecule has 31 heavy (non-hydrogen) atoms. The van der Waals surface area contributed by atoms with E-state index >= 15 is 0 Å². The fraction of sp³-hybridized carbons (Fsp3) is 0.455. The van der Waals surface area contributed by atoms with Gasteiger partial charge in [0.2, 0.25) is 11.9 Å². The molecule has 1 unspecified atom stereocenters. The Kier molecular flexibility index (Phi) is 6.31. The van der Waals surface area contributed by atoms with Gasteiger partial charge in [0, 0.05) is 45.8 Å². The Morgan fingerprint density at radius 3 is 2.52 bits per heavy atom. The highest BCUT2D eigenvalue weighted by Gasteiger charge is 2.25. The highest BCUT2D eigenvalue weighted by atomic mass is 16.6. The molecule has 2 aliphatic heterocycles. The van der Waals surface area contributed by atoms with Gasteiger partial charge in [-0.05, 0) is 24.1 Å². The maximum atomic E-state index is 11.8. The summed E-state index contributed by atoms with van der Waals surface area (Å²) < 4.78 is 4.98. The molecule has 1 N–H and O–H groups in total. The minimum atomic E-state index is -0.379. The lowest BCUT2D eigenvalue weighted by Crippen LogP contribution is -2.47. The maximum absolute atomic E-state index is 11.8. The van der Waals surface area contributed by atoms with Gasteiger partial charge in [0.15, 0.2) is 0 Å². The molecular formula is C22H28N6O3. The summed E-state index contributed by atoms with van der Waals surface area (Å²) in [5.41, 5.74) is 2.37. The van der Waals surface area contributed by atoms with Gasteiger partial charge in [0.25, 0.3) is 0 Å². The molecule has 4 rings (SSSR count). The number of carbonyl (C=O) groups excluding carboxylic acids is 2. The summed E-state index contributed by atoms with van der Waals surface area (Å²) in [6.45, 7) is 8.82. The van der Waals surface area contributed by atoms with Gasteiger partial charge in [0.1, 0.15) is 12.4 Å². The quantitative estimate of drug-likeness (QED) is 0.761. The van der Waals surface area contributed by atoms with Crippen LogP contribution in [0.1, 0.15) is 31.0 Å². The average Bonchev–Trinajstić information content (AvgIpc) is 3.21. The Labute approximate surface area is 182 Å². The predicted molar refractivity (Wildman–Crippen MR) is 117 cm³/mol. The van der Waals surface area contributed by atoms with Gasteiger partial charge in [-0.15, -0.1) is 0 Å². The van der Waals surface area contributed by atoms with Crippen molar-refractivity contribution in [3.8, 4) is 0 Å². The molecule has 0 bridgehead atoms. The Morgan fingerprint density at radius 2 is 1.87 bits per heavy atom. The summed E-state index contributed by atoms with van der Waals surface area (Å²) in [6, 6.07) is 10.2. The molecule has 3 heterocycles. The van der Waals surface area contributed by atoms with Crippen molar-refractivity contribution in [1.82, 2.24) is 19.8 Å². The molecule has 0 aliphatic carbocycles. The lowest BCUT2D eigenvalue weighted by atomic mass is 10.1. The number of hydrogen-bond donors (Lipinski definition) is 1. The molecule has 1 aromatic heterocycles. The van der Waals surface area contributed by atoms with E-state index < -0.39 is 0 Å². The third-order valence-corrected chi connectivity index (χ3v) is 5.73. The van der Waals surface area contributed by atoms with Gasteiger partial charge >= 0.3 is 6.09 Å². The van der Waals surface area contributed by atoms with E-state index in [2.05, 4.69) is 51.4 Å². The monoisotopic (exact) mass is 424 g/mol. The van der Waals surface area contributed by atoms with Gasteiger partial charge in [-0.25, -0.2) is 9.78 Å². The summed E-state index contributed by atoms with van der Waals surface area (Å²) in [4.78, 5) is 37.7. The second-order valence-electron chi connectivity index (χ2n) is 7.89. The number of carbonyl (C=O) groups is 2. The van der Waals surface area contributed by atoms with Crippen molar-refractivity contribution >= 4 is 23.8 Å². The van der Waals surface area contributed by atoms with Crippen LogP contribution in [0.2, 0.25) is 0 Å². The van der Waals surface area contributed by atoms with Crippen molar-refractivity contribution in [3.63, 3.8) is 0 Å². The zero-order chi connectivity index (χ0) is 21.8. The van der Waals surface area contributed by atoms with Gasteiger partial charge in [-0.3, -0.25) is 14.6 Å². The van der Waals surface area contributed by atoms with E-state index in [1.807, 2.05) is 4.90 Å². The molecule has 0 spiro atoms. The number of benzene rings is 1. The van der Waals surface area contributed by atoms with Crippen molar-refractivity contribution in [2.75, 3.05) is 49.5 Å². The standard InChI is InChI=1S/C22H28N6O3/c1-16(24-21-23-8-7-20(25-21)28-13-14-31-22(28)30)19-5-3-18(4-6-19)15-26-9-11-27(12-10-26)17(2)29/h3-8,16H,9-15H2,1-2H3,(H,23,24,25). The lowest BCUT2D eigenvalue weighted by Gasteiger charge is -2.34. The average molecular weight is 425 g/mol. The van der Waals surface area contributed by atoms with Crippen LogP contribution in [0.15, 0.2) is 36.5 Å². The molecular weight excluding hydrogens is 396 g/mol. The van der Waals surface area contributed by atoms with Crippen LogP contribution in [0.5, 0.6) is 0 Å². The molecule has 1 aromatic carbocycles. The van der Waals surface area contributed by atoms with E-state index in [1.165, 1.54) is 10.5 Å². The van der Waals surface area contributed by atoms with Crippen LogP contribution in [0.4, 0.5) is 16.6 Å². The minimum Gasteiger partial charge on any atom is -0.447 e. The van der Waals surface area contributed by atoms with Crippen molar-refractivity contribution in [2.24, 2.45) is 0 Å². The van der Waals surface area contributed by atoms with Crippen LogP contribution in [-0.2, 0) is 16.1 Å². The van der Waals surface area contributed by atoms with Crippen LogP contribution in [0, 0.1) is 0 Å².